The van der Waals surface area contributed by atoms with E-state index in [-0.39, 0.29) is 23.1 Å². The lowest BCUT2D eigenvalue weighted by Crippen LogP contribution is -2.30. The molecule has 0 saturated carbocycles. The molecule has 1 fully saturated rings. The number of phenolic OH excluding ortho intramolecular Hbond substituents is 1. The zero-order valence-electron chi connectivity index (χ0n) is 18.0. The minimum Gasteiger partial charge on any atom is -0.508 e. The van der Waals surface area contributed by atoms with E-state index in [9.17, 15) is 28.6 Å². The number of aliphatic hydroxyl groups is 1. The molecule has 2 atom stereocenters. The minimum atomic E-state index is -1.20. The van der Waals surface area contributed by atoms with Crippen LogP contribution in [0.1, 0.15) is 29.7 Å². The number of hydrogen-bond donors (Lipinski definition) is 2. The Morgan fingerprint density at radius 3 is 2.47 bits per heavy atom. The van der Waals surface area contributed by atoms with E-state index in [0.717, 1.165) is 22.6 Å². The molecule has 2 aliphatic heterocycles. The quantitative estimate of drug-likeness (QED) is 0.336. The second-order valence-corrected chi connectivity index (χ2v) is 8.31. The number of nitrogens with zero attached hydrogens (tertiary/aromatic N) is 1. The van der Waals surface area contributed by atoms with Crippen LogP contribution in [0, 0.1) is 11.6 Å². The van der Waals surface area contributed by atoms with Crippen molar-refractivity contribution in [1.82, 2.24) is 0 Å². The molecule has 1 saturated heterocycles. The third-order valence-corrected chi connectivity index (χ3v) is 5.99. The number of Topliss-reactive ketones (excluding diaryl/α,β-unsaturated/α-hetero) is 1. The number of phenols is 1. The van der Waals surface area contributed by atoms with Gasteiger partial charge in [0.15, 0.2) is 0 Å². The molecule has 2 N–H and O–H groups in total. The maximum atomic E-state index is 14.7. The smallest absolute Gasteiger partial charge is 0.300 e. The van der Waals surface area contributed by atoms with Crippen LogP contribution in [0.4, 0.5) is 14.5 Å². The molecule has 34 heavy (non-hydrogen) atoms. The Morgan fingerprint density at radius 1 is 1.03 bits per heavy atom. The average Bonchev–Trinajstić information content (AvgIpc) is 3.30. The maximum Gasteiger partial charge on any atom is 0.300 e. The first-order valence-corrected chi connectivity index (χ1v) is 10.6. The summed E-state index contributed by atoms with van der Waals surface area (Å²) in [6.45, 7) is 1.91. The SMILES string of the molecule is CC1Cc2cc(/C(O)=C3/C(=O)C(=O)N(c4ccc(F)cc4F)C3c3ccc(O)cc3)ccc2O1. The van der Waals surface area contributed by atoms with Gasteiger partial charge in [0.25, 0.3) is 11.7 Å². The number of aromatic hydroxyl groups is 1. The third-order valence-electron chi connectivity index (χ3n) is 5.99. The van der Waals surface area contributed by atoms with E-state index < -0.39 is 35.1 Å². The van der Waals surface area contributed by atoms with E-state index in [2.05, 4.69) is 0 Å². The number of aliphatic hydroxyl groups excluding tert-OH is 1. The number of fused-ring (bicyclic) bond motifs is 1. The van der Waals surface area contributed by atoms with Gasteiger partial charge in [0.05, 0.1) is 17.3 Å². The van der Waals surface area contributed by atoms with Gasteiger partial charge in [0.1, 0.15) is 35.0 Å². The van der Waals surface area contributed by atoms with Gasteiger partial charge in [0.2, 0.25) is 0 Å². The molecule has 3 aromatic rings. The van der Waals surface area contributed by atoms with Crippen molar-refractivity contribution >= 4 is 23.1 Å². The minimum absolute atomic E-state index is 0.0311. The van der Waals surface area contributed by atoms with E-state index in [1.165, 1.54) is 24.3 Å². The summed E-state index contributed by atoms with van der Waals surface area (Å²) in [5.74, 6) is -3.76. The van der Waals surface area contributed by atoms with Crippen molar-refractivity contribution in [2.24, 2.45) is 0 Å². The number of carbonyl (C=O) groups excluding carboxylic acids is 2. The van der Waals surface area contributed by atoms with Crippen molar-refractivity contribution in [3.63, 3.8) is 0 Å². The molecule has 5 rings (SSSR count). The van der Waals surface area contributed by atoms with Crippen molar-refractivity contribution in [3.8, 4) is 11.5 Å². The number of benzene rings is 3. The number of hydrogen-bond acceptors (Lipinski definition) is 5. The Hall–Kier alpha value is -4.20. The van der Waals surface area contributed by atoms with Crippen LogP contribution in [-0.4, -0.2) is 28.0 Å². The summed E-state index contributed by atoms with van der Waals surface area (Å²) in [6.07, 6.45) is 0.587. The first-order chi connectivity index (χ1) is 16.2. The van der Waals surface area contributed by atoms with Crippen LogP contribution < -0.4 is 9.64 Å². The summed E-state index contributed by atoms with van der Waals surface area (Å²) in [7, 11) is 0. The highest BCUT2D eigenvalue weighted by Crippen LogP contribution is 2.43. The number of anilines is 1. The second-order valence-electron chi connectivity index (χ2n) is 8.31. The molecule has 0 spiro atoms. The van der Waals surface area contributed by atoms with Crippen LogP contribution in [0.25, 0.3) is 5.76 Å². The number of carbonyl (C=O) groups is 2. The van der Waals surface area contributed by atoms with Crippen molar-refractivity contribution in [1.29, 1.82) is 0 Å². The van der Waals surface area contributed by atoms with Gasteiger partial charge in [0, 0.05) is 18.1 Å². The van der Waals surface area contributed by atoms with E-state index in [1.807, 2.05) is 6.92 Å². The average molecular weight is 463 g/mol. The highest BCUT2D eigenvalue weighted by Gasteiger charge is 2.47. The molecule has 2 aliphatic rings. The molecule has 0 aliphatic carbocycles. The molecular weight excluding hydrogens is 444 g/mol. The van der Waals surface area contributed by atoms with Gasteiger partial charge in [-0.3, -0.25) is 14.5 Å². The molecule has 2 unspecified atom stereocenters. The fourth-order valence-corrected chi connectivity index (χ4v) is 4.45. The van der Waals surface area contributed by atoms with Crippen molar-refractivity contribution < 1.29 is 33.3 Å². The van der Waals surface area contributed by atoms with Gasteiger partial charge in [-0.25, -0.2) is 8.78 Å². The molecule has 1 amide bonds. The molecule has 3 aromatic carbocycles. The topological polar surface area (TPSA) is 87.1 Å². The van der Waals surface area contributed by atoms with Gasteiger partial charge in [-0.15, -0.1) is 0 Å². The molecule has 6 nitrogen and oxygen atoms in total. The van der Waals surface area contributed by atoms with Gasteiger partial charge < -0.3 is 14.9 Å². The van der Waals surface area contributed by atoms with Crippen LogP contribution in [0.2, 0.25) is 0 Å². The summed E-state index contributed by atoms with van der Waals surface area (Å²) in [5, 5.41) is 20.9. The monoisotopic (exact) mass is 463 g/mol. The van der Waals surface area contributed by atoms with Gasteiger partial charge in [-0.1, -0.05) is 12.1 Å². The Labute approximate surface area is 193 Å². The molecule has 0 bridgehead atoms. The molecular formula is C26H19F2NO5. The number of rotatable bonds is 3. The zero-order valence-corrected chi connectivity index (χ0v) is 18.0. The van der Waals surface area contributed by atoms with Gasteiger partial charge >= 0.3 is 0 Å². The third kappa shape index (κ3) is 3.48. The van der Waals surface area contributed by atoms with Crippen molar-refractivity contribution in [2.75, 3.05) is 4.90 Å². The van der Waals surface area contributed by atoms with Gasteiger partial charge in [-0.2, -0.15) is 0 Å². The number of ether oxygens (including phenoxy) is 1. The highest BCUT2D eigenvalue weighted by atomic mass is 19.1. The molecule has 0 radical (unpaired) electrons. The first-order valence-electron chi connectivity index (χ1n) is 10.6. The molecule has 2 heterocycles. The zero-order chi connectivity index (χ0) is 24.1. The lowest BCUT2D eigenvalue weighted by molar-refractivity contribution is -0.132. The predicted molar refractivity (Wildman–Crippen MR) is 119 cm³/mol. The Balaban J connectivity index is 1.70. The summed E-state index contributed by atoms with van der Waals surface area (Å²) in [6, 6.07) is 12.0. The molecule has 8 heteroatoms. The lowest BCUT2D eigenvalue weighted by atomic mass is 9.94. The fourth-order valence-electron chi connectivity index (χ4n) is 4.45. The largest absolute Gasteiger partial charge is 0.508 e. The van der Waals surface area contributed by atoms with Crippen molar-refractivity contribution in [3.05, 3.63) is 94.6 Å². The maximum absolute atomic E-state index is 14.7. The van der Waals surface area contributed by atoms with E-state index in [4.69, 9.17) is 4.74 Å². The number of amides is 1. The van der Waals surface area contributed by atoms with Crippen LogP contribution >= 0.6 is 0 Å². The summed E-state index contributed by atoms with van der Waals surface area (Å²) in [5.41, 5.74) is 0.942. The fraction of sp³-hybridized carbons (Fsp3) is 0.154. The van der Waals surface area contributed by atoms with Crippen LogP contribution in [-0.2, 0) is 16.0 Å². The lowest BCUT2D eigenvalue weighted by Gasteiger charge is -2.25. The molecule has 0 aromatic heterocycles. The predicted octanol–water partition coefficient (Wildman–Crippen LogP) is 4.62. The summed E-state index contributed by atoms with van der Waals surface area (Å²) >= 11 is 0. The number of ketones is 1. The van der Waals surface area contributed by atoms with Crippen LogP contribution in [0.3, 0.4) is 0 Å². The standard InChI is InChI=1S/C26H19F2NO5/c1-13-10-16-11-15(4-9-21(16)34-13)24(31)22-23(14-2-6-18(30)7-3-14)29(26(33)25(22)32)20-8-5-17(27)12-19(20)28/h2-9,11-13,23,30-31H,10H2,1H3/b24-22-. The van der Waals surface area contributed by atoms with E-state index in [0.29, 0.717) is 29.4 Å². The molecule has 172 valence electrons. The van der Waals surface area contributed by atoms with Crippen LogP contribution in [0.15, 0.2) is 66.2 Å². The Morgan fingerprint density at radius 2 is 1.76 bits per heavy atom. The van der Waals surface area contributed by atoms with Crippen molar-refractivity contribution in [2.45, 2.75) is 25.5 Å². The number of halogens is 2. The summed E-state index contributed by atoms with van der Waals surface area (Å²) in [4.78, 5) is 27.1. The summed E-state index contributed by atoms with van der Waals surface area (Å²) < 4.78 is 33.9. The second kappa shape index (κ2) is 7.98. The first kappa shape index (κ1) is 21.6. The van der Waals surface area contributed by atoms with Gasteiger partial charge in [-0.05, 0) is 60.5 Å². The highest BCUT2D eigenvalue weighted by molar-refractivity contribution is 6.51. The van der Waals surface area contributed by atoms with E-state index in [1.54, 1.807) is 18.2 Å². The Kier molecular flexibility index (Phi) is 5.08. The Bertz CT molecular complexity index is 1370. The normalized spacial score (nSPS) is 21.0. The van der Waals surface area contributed by atoms with E-state index >= 15 is 0 Å². The van der Waals surface area contributed by atoms with Crippen LogP contribution in [0.5, 0.6) is 11.5 Å².